The molecule has 3 aliphatic rings. The van der Waals surface area contributed by atoms with E-state index in [2.05, 4.69) is 24.7 Å². The van der Waals surface area contributed by atoms with Crippen LogP contribution in [0.1, 0.15) is 26.7 Å². The average Bonchev–Trinajstić information content (AvgIpc) is 3.40. The average molecular weight is 394 g/mol. The van der Waals surface area contributed by atoms with Gasteiger partial charge in [-0.05, 0) is 44.6 Å². The van der Waals surface area contributed by atoms with Crippen molar-refractivity contribution in [3.63, 3.8) is 0 Å². The standard InChI is InChI=1S/C19H27N3O4S/c1-12-19(13(2)21-20-12)22(9-15-4-3-7-27-15)18(23)10-24-14-5-6-16-17(8-14)26-11-25-16/h5-6,8,12-13,15,19-21H,3-4,7,9-11H2,1-2H3. The van der Waals surface area contributed by atoms with Gasteiger partial charge in [0, 0.05) is 29.9 Å². The fraction of sp³-hybridized carbons (Fsp3) is 0.632. The molecule has 0 aromatic heterocycles. The molecule has 27 heavy (non-hydrogen) atoms. The molecular weight excluding hydrogens is 366 g/mol. The zero-order valence-electron chi connectivity index (χ0n) is 15.8. The van der Waals surface area contributed by atoms with Gasteiger partial charge in [-0.3, -0.25) is 15.6 Å². The van der Waals surface area contributed by atoms with Gasteiger partial charge in [-0.1, -0.05) is 0 Å². The number of ether oxygens (including phenoxy) is 3. The second-order valence-electron chi connectivity index (χ2n) is 7.34. The number of carbonyl (C=O) groups is 1. The molecule has 2 N–H and O–H groups in total. The molecule has 0 bridgehead atoms. The minimum absolute atomic E-state index is 0.0208. The quantitative estimate of drug-likeness (QED) is 0.763. The van der Waals surface area contributed by atoms with Gasteiger partial charge < -0.3 is 19.1 Å². The minimum atomic E-state index is 0.0208. The van der Waals surface area contributed by atoms with Crippen molar-refractivity contribution in [3.05, 3.63) is 18.2 Å². The number of nitrogens with zero attached hydrogens (tertiary/aromatic N) is 1. The molecule has 0 saturated carbocycles. The van der Waals surface area contributed by atoms with E-state index in [0.29, 0.717) is 22.5 Å². The van der Waals surface area contributed by atoms with Crippen molar-refractivity contribution in [2.45, 2.75) is 50.1 Å². The predicted molar refractivity (Wildman–Crippen MR) is 104 cm³/mol. The molecule has 8 heteroatoms. The number of carbonyl (C=O) groups excluding carboxylic acids is 1. The zero-order valence-corrected chi connectivity index (χ0v) is 16.6. The van der Waals surface area contributed by atoms with E-state index in [4.69, 9.17) is 14.2 Å². The first-order valence-electron chi connectivity index (χ1n) is 9.56. The van der Waals surface area contributed by atoms with Crippen molar-refractivity contribution in [3.8, 4) is 17.2 Å². The van der Waals surface area contributed by atoms with Crippen LogP contribution >= 0.6 is 11.8 Å². The van der Waals surface area contributed by atoms with Crippen LogP contribution in [0.2, 0.25) is 0 Å². The number of nitrogens with one attached hydrogen (secondary N) is 2. The van der Waals surface area contributed by atoms with Crippen molar-refractivity contribution in [1.29, 1.82) is 0 Å². The van der Waals surface area contributed by atoms with Crippen molar-refractivity contribution in [2.24, 2.45) is 0 Å². The lowest BCUT2D eigenvalue weighted by molar-refractivity contribution is -0.136. The normalized spacial score (nSPS) is 29.1. The number of hydrogen-bond donors (Lipinski definition) is 2. The zero-order chi connectivity index (χ0) is 18.8. The number of hydrogen-bond acceptors (Lipinski definition) is 7. The van der Waals surface area contributed by atoms with Gasteiger partial charge in [-0.15, -0.1) is 0 Å². The van der Waals surface area contributed by atoms with E-state index in [1.54, 1.807) is 6.07 Å². The second-order valence-corrected chi connectivity index (χ2v) is 8.75. The van der Waals surface area contributed by atoms with Crippen molar-refractivity contribution >= 4 is 17.7 Å². The number of amides is 1. The monoisotopic (exact) mass is 393 g/mol. The topological polar surface area (TPSA) is 72.1 Å². The Balaban J connectivity index is 1.43. The molecule has 2 saturated heterocycles. The van der Waals surface area contributed by atoms with Crippen LogP contribution < -0.4 is 25.1 Å². The number of thioether (sulfide) groups is 1. The van der Waals surface area contributed by atoms with Gasteiger partial charge in [0.15, 0.2) is 18.1 Å². The predicted octanol–water partition coefficient (Wildman–Crippen LogP) is 1.77. The summed E-state index contributed by atoms with van der Waals surface area (Å²) in [5.41, 5.74) is 6.52. The lowest BCUT2D eigenvalue weighted by Crippen LogP contribution is -2.53. The first-order valence-corrected chi connectivity index (χ1v) is 10.6. The lowest BCUT2D eigenvalue weighted by atomic mass is 10.0. The Morgan fingerprint density at radius 3 is 2.78 bits per heavy atom. The summed E-state index contributed by atoms with van der Waals surface area (Å²) < 4.78 is 16.5. The Hall–Kier alpha value is -1.64. The molecule has 3 aliphatic heterocycles. The SMILES string of the molecule is CC1NNC(C)C1N(CC1CCCS1)C(=O)COc1ccc2c(c1)OCO2. The Kier molecular flexibility index (Phi) is 5.66. The van der Waals surface area contributed by atoms with E-state index in [1.165, 1.54) is 18.6 Å². The molecule has 2 fully saturated rings. The molecular formula is C19H27N3O4S. The van der Waals surface area contributed by atoms with Crippen LogP contribution in [0.4, 0.5) is 0 Å². The third-order valence-electron chi connectivity index (χ3n) is 5.37. The highest BCUT2D eigenvalue weighted by atomic mass is 32.2. The van der Waals surface area contributed by atoms with Crippen LogP contribution in [0.15, 0.2) is 18.2 Å². The van der Waals surface area contributed by atoms with Gasteiger partial charge in [0.2, 0.25) is 6.79 Å². The van der Waals surface area contributed by atoms with Gasteiger partial charge in [-0.2, -0.15) is 11.8 Å². The van der Waals surface area contributed by atoms with E-state index in [9.17, 15) is 4.79 Å². The largest absolute Gasteiger partial charge is 0.484 e. The summed E-state index contributed by atoms with van der Waals surface area (Å²) in [6.07, 6.45) is 2.41. The van der Waals surface area contributed by atoms with Crippen molar-refractivity contribution in [1.82, 2.24) is 15.8 Å². The number of benzene rings is 1. The van der Waals surface area contributed by atoms with Crippen molar-refractivity contribution < 1.29 is 19.0 Å². The van der Waals surface area contributed by atoms with Gasteiger partial charge >= 0.3 is 0 Å². The molecule has 4 rings (SSSR count). The summed E-state index contributed by atoms with van der Waals surface area (Å²) in [6.45, 7) is 5.25. The molecule has 148 valence electrons. The number of hydrazine groups is 1. The molecule has 3 unspecified atom stereocenters. The molecule has 1 aromatic rings. The molecule has 0 aliphatic carbocycles. The number of rotatable bonds is 6. The highest BCUT2D eigenvalue weighted by Crippen LogP contribution is 2.35. The molecule has 0 radical (unpaired) electrons. The summed E-state index contributed by atoms with van der Waals surface area (Å²) in [7, 11) is 0. The third kappa shape index (κ3) is 4.12. The molecule has 7 nitrogen and oxygen atoms in total. The Morgan fingerprint density at radius 2 is 2.04 bits per heavy atom. The van der Waals surface area contributed by atoms with E-state index in [-0.39, 0.29) is 37.4 Å². The minimum Gasteiger partial charge on any atom is -0.484 e. The summed E-state index contributed by atoms with van der Waals surface area (Å²) in [5, 5.41) is 0.513. The van der Waals surface area contributed by atoms with E-state index in [1.807, 2.05) is 28.8 Å². The maximum absolute atomic E-state index is 13.1. The van der Waals surface area contributed by atoms with Crippen LogP contribution in [0.25, 0.3) is 0 Å². The first-order chi connectivity index (χ1) is 13.1. The third-order valence-corrected chi connectivity index (χ3v) is 6.75. The van der Waals surface area contributed by atoms with Crippen LogP contribution in [0, 0.1) is 0 Å². The Morgan fingerprint density at radius 1 is 1.26 bits per heavy atom. The van der Waals surface area contributed by atoms with Gasteiger partial charge in [0.05, 0.1) is 6.04 Å². The molecule has 1 aromatic carbocycles. The van der Waals surface area contributed by atoms with Gasteiger partial charge in [0.25, 0.3) is 5.91 Å². The van der Waals surface area contributed by atoms with Gasteiger partial charge in [0.1, 0.15) is 5.75 Å². The Labute approximate surface area is 164 Å². The van der Waals surface area contributed by atoms with Crippen LogP contribution in [0.3, 0.4) is 0 Å². The summed E-state index contributed by atoms with van der Waals surface area (Å²) in [6, 6.07) is 5.89. The molecule has 3 heterocycles. The van der Waals surface area contributed by atoms with Crippen molar-refractivity contribution in [2.75, 3.05) is 25.7 Å². The van der Waals surface area contributed by atoms with Gasteiger partial charge in [-0.25, -0.2) is 0 Å². The van der Waals surface area contributed by atoms with Crippen LogP contribution in [0.5, 0.6) is 17.2 Å². The molecule has 3 atom stereocenters. The Bertz CT molecular complexity index is 673. The maximum atomic E-state index is 13.1. The summed E-state index contributed by atoms with van der Waals surface area (Å²) in [4.78, 5) is 15.1. The highest BCUT2D eigenvalue weighted by Gasteiger charge is 2.38. The maximum Gasteiger partial charge on any atom is 0.260 e. The van der Waals surface area contributed by atoms with Crippen LogP contribution in [-0.4, -0.2) is 59.9 Å². The van der Waals surface area contributed by atoms with E-state index >= 15 is 0 Å². The second kappa shape index (κ2) is 8.16. The molecule has 1 amide bonds. The summed E-state index contributed by atoms with van der Waals surface area (Å²) in [5.74, 6) is 3.19. The fourth-order valence-electron chi connectivity index (χ4n) is 4.00. The fourth-order valence-corrected chi connectivity index (χ4v) is 5.26. The van der Waals surface area contributed by atoms with E-state index in [0.717, 1.165) is 6.54 Å². The first kappa shape index (κ1) is 18.7. The highest BCUT2D eigenvalue weighted by molar-refractivity contribution is 8.00. The molecule has 0 spiro atoms. The summed E-state index contributed by atoms with van der Waals surface area (Å²) >= 11 is 1.97. The lowest BCUT2D eigenvalue weighted by Gasteiger charge is -2.35. The number of fused-ring (bicyclic) bond motifs is 1. The van der Waals surface area contributed by atoms with Crippen LogP contribution in [-0.2, 0) is 4.79 Å². The smallest absolute Gasteiger partial charge is 0.260 e. The van der Waals surface area contributed by atoms with E-state index < -0.39 is 0 Å².